The minimum absolute atomic E-state index is 0.0234. The molecule has 0 N–H and O–H groups in total. The first-order valence-electron chi connectivity index (χ1n) is 6.19. The number of hydrogen-bond donors (Lipinski definition) is 0. The number of hydrogen-bond acceptors (Lipinski definition) is 1. The lowest BCUT2D eigenvalue weighted by Gasteiger charge is -2.14. The number of pyridine rings is 1. The SMILES string of the molecule is c1ccc2c(c1)[I+]c1cc3c(nc1-2)CCCC3. The molecule has 0 unspecified atom stereocenters. The maximum atomic E-state index is 4.96. The van der Waals surface area contributed by atoms with Crippen LogP contribution in [0.15, 0.2) is 30.3 Å². The molecule has 0 amide bonds. The van der Waals surface area contributed by atoms with Crippen LogP contribution in [0.1, 0.15) is 24.1 Å². The number of nitrogens with zero attached hydrogens (tertiary/aromatic N) is 1. The number of aromatic nitrogens is 1. The van der Waals surface area contributed by atoms with Crippen molar-refractivity contribution in [3.05, 3.63) is 48.7 Å². The molecule has 2 heterocycles. The fraction of sp³-hybridized carbons (Fsp3) is 0.267. The average Bonchev–Trinajstić information content (AvgIpc) is 2.73. The van der Waals surface area contributed by atoms with Gasteiger partial charge in [0.25, 0.3) is 0 Å². The normalized spacial score (nSPS) is 16.2. The minimum Gasteiger partial charge on any atom is -0.248 e. The standard InChI is InChI=1S/C15H13IN/c1-4-8-14-10(5-1)9-13-15(17-14)11-6-2-3-7-12(11)16-13/h2-3,6-7,9H,1,4-5,8H2/q+1. The lowest BCUT2D eigenvalue weighted by molar-refractivity contribution is -0.590. The summed E-state index contributed by atoms with van der Waals surface area (Å²) in [6, 6.07) is 11.3. The van der Waals surface area contributed by atoms with Crippen molar-refractivity contribution in [2.45, 2.75) is 25.7 Å². The molecule has 1 aromatic heterocycles. The second-order valence-electron chi connectivity index (χ2n) is 4.71. The van der Waals surface area contributed by atoms with Crippen LogP contribution >= 0.6 is 0 Å². The summed E-state index contributed by atoms with van der Waals surface area (Å²) in [5, 5.41) is 0. The zero-order valence-electron chi connectivity index (χ0n) is 9.54. The van der Waals surface area contributed by atoms with Gasteiger partial charge >= 0.3 is 21.2 Å². The maximum Gasteiger partial charge on any atom is 0.361 e. The molecular formula is C15H13IN+. The van der Waals surface area contributed by atoms with Crippen LogP contribution in [0.4, 0.5) is 0 Å². The van der Waals surface area contributed by atoms with Gasteiger partial charge in [0.1, 0.15) is 5.69 Å². The molecule has 17 heavy (non-hydrogen) atoms. The molecule has 1 nitrogen and oxygen atoms in total. The quantitative estimate of drug-likeness (QED) is 0.531. The van der Waals surface area contributed by atoms with Crippen molar-refractivity contribution in [3.8, 4) is 11.3 Å². The second-order valence-corrected chi connectivity index (χ2v) is 7.57. The molecule has 0 fully saturated rings. The Morgan fingerprint density at radius 3 is 2.88 bits per heavy atom. The molecule has 84 valence electrons. The highest BCUT2D eigenvalue weighted by atomic mass is 127. The molecule has 2 aliphatic rings. The van der Waals surface area contributed by atoms with Gasteiger partial charge in [-0.25, -0.2) is 4.98 Å². The van der Waals surface area contributed by atoms with E-state index in [0.29, 0.717) is 0 Å². The maximum absolute atomic E-state index is 4.96. The Labute approximate surface area is 112 Å². The third-order valence-corrected chi connectivity index (χ3v) is 6.51. The molecule has 1 aromatic carbocycles. The summed E-state index contributed by atoms with van der Waals surface area (Å²) in [5.74, 6) is 0. The van der Waals surface area contributed by atoms with E-state index in [2.05, 4.69) is 30.3 Å². The molecule has 1 aliphatic carbocycles. The molecule has 4 rings (SSSR count). The highest BCUT2D eigenvalue weighted by Gasteiger charge is 2.35. The van der Waals surface area contributed by atoms with E-state index in [-0.39, 0.29) is 21.2 Å². The molecule has 0 saturated heterocycles. The zero-order chi connectivity index (χ0) is 11.2. The Bertz CT molecular complexity index is 604. The highest BCUT2D eigenvalue weighted by molar-refractivity contribution is 5.61. The molecule has 2 aromatic rings. The van der Waals surface area contributed by atoms with Crippen molar-refractivity contribution in [3.63, 3.8) is 0 Å². The highest BCUT2D eigenvalue weighted by Crippen LogP contribution is 2.26. The van der Waals surface area contributed by atoms with Gasteiger partial charge in [0.05, 0.1) is 5.56 Å². The first kappa shape index (κ1) is 10.1. The minimum atomic E-state index is 0.0234. The van der Waals surface area contributed by atoms with Crippen LogP contribution in [0.5, 0.6) is 0 Å². The van der Waals surface area contributed by atoms with Gasteiger partial charge in [-0.05, 0) is 49.4 Å². The summed E-state index contributed by atoms with van der Waals surface area (Å²) in [5.41, 5.74) is 5.61. The predicted octanol–water partition coefficient (Wildman–Crippen LogP) is 0.0692. The van der Waals surface area contributed by atoms with Gasteiger partial charge in [-0.1, -0.05) is 12.1 Å². The zero-order valence-corrected chi connectivity index (χ0v) is 11.7. The Morgan fingerprint density at radius 2 is 1.88 bits per heavy atom. The second kappa shape index (κ2) is 3.80. The fourth-order valence-corrected chi connectivity index (χ4v) is 5.65. The van der Waals surface area contributed by atoms with Crippen LogP contribution in [-0.2, 0) is 12.8 Å². The van der Waals surface area contributed by atoms with E-state index in [1.165, 1.54) is 48.2 Å². The van der Waals surface area contributed by atoms with Gasteiger partial charge < -0.3 is 0 Å². The predicted molar refractivity (Wildman–Crippen MR) is 63.7 cm³/mol. The van der Waals surface area contributed by atoms with E-state index in [4.69, 9.17) is 4.98 Å². The van der Waals surface area contributed by atoms with E-state index in [1.54, 1.807) is 7.14 Å². The van der Waals surface area contributed by atoms with Crippen LogP contribution < -0.4 is 21.2 Å². The third-order valence-electron chi connectivity index (χ3n) is 3.59. The summed E-state index contributed by atoms with van der Waals surface area (Å²) < 4.78 is 3.10. The molecule has 0 spiro atoms. The van der Waals surface area contributed by atoms with Crippen LogP contribution in [0.25, 0.3) is 11.3 Å². The van der Waals surface area contributed by atoms with Crippen LogP contribution in [0, 0.1) is 7.14 Å². The lowest BCUT2D eigenvalue weighted by atomic mass is 9.95. The first-order chi connectivity index (χ1) is 8.42. The summed E-state index contributed by atoms with van der Waals surface area (Å²) in [6.07, 6.45) is 5.09. The number of halogens is 1. The van der Waals surface area contributed by atoms with Gasteiger partial charge in [-0.15, -0.1) is 0 Å². The topological polar surface area (TPSA) is 12.9 Å². The van der Waals surface area contributed by atoms with Gasteiger partial charge in [0.2, 0.25) is 7.14 Å². The average molecular weight is 334 g/mol. The number of benzene rings is 1. The molecule has 1 aliphatic heterocycles. The first-order valence-corrected chi connectivity index (χ1v) is 8.34. The summed E-state index contributed by atoms with van der Waals surface area (Å²) in [4.78, 5) is 4.96. The summed E-state index contributed by atoms with van der Waals surface area (Å²) in [7, 11) is 0. The van der Waals surface area contributed by atoms with Crippen molar-refractivity contribution < 1.29 is 21.2 Å². The molecule has 2 heteroatoms. The van der Waals surface area contributed by atoms with Crippen molar-refractivity contribution in [1.82, 2.24) is 4.98 Å². The van der Waals surface area contributed by atoms with Crippen molar-refractivity contribution in [2.75, 3.05) is 0 Å². The summed E-state index contributed by atoms with van der Waals surface area (Å²) in [6.45, 7) is 0. The largest absolute Gasteiger partial charge is 0.361 e. The lowest BCUT2D eigenvalue weighted by Crippen LogP contribution is -3.61. The molecular weight excluding hydrogens is 321 g/mol. The Kier molecular flexibility index (Phi) is 2.25. The van der Waals surface area contributed by atoms with E-state index in [0.717, 1.165) is 0 Å². The van der Waals surface area contributed by atoms with Gasteiger partial charge in [0, 0.05) is 5.69 Å². The van der Waals surface area contributed by atoms with Crippen molar-refractivity contribution >= 4 is 0 Å². The van der Waals surface area contributed by atoms with E-state index in [1.807, 2.05) is 0 Å². The summed E-state index contributed by atoms with van der Waals surface area (Å²) >= 11 is 0.0234. The molecule has 0 saturated carbocycles. The van der Waals surface area contributed by atoms with E-state index < -0.39 is 0 Å². The van der Waals surface area contributed by atoms with Crippen molar-refractivity contribution in [1.29, 1.82) is 0 Å². The fourth-order valence-electron chi connectivity index (χ4n) is 2.71. The number of aryl methyl sites for hydroxylation is 2. The third kappa shape index (κ3) is 1.53. The Balaban J connectivity index is 1.93. The van der Waals surface area contributed by atoms with Gasteiger partial charge in [-0.3, -0.25) is 0 Å². The molecule has 0 atom stereocenters. The van der Waals surface area contributed by atoms with Crippen LogP contribution in [0.3, 0.4) is 0 Å². The van der Waals surface area contributed by atoms with E-state index in [9.17, 15) is 0 Å². The van der Waals surface area contributed by atoms with Gasteiger partial charge in [-0.2, -0.15) is 0 Å². The number of rotatable bonds is 0. The molecule has 0 radical (unpaired) electrons. The smallest absolute Gasteiger partial charge is 0.248 e. The monoisotopic (exact) mass is 334 g/mol. The van der Waals surface area contributed by atoms with Crippen LogP contribution in [-0.4, -0.2) is 4.98 Å². The van der Waals surface area contributed by atoms with Gasteiger partial charge in [0.15, 0.2) is 0 Å². The van der Waals surface area contributed by atoms with Crippen LogP contribution in [0.2, 0.25) is 0 Å². The Hall–Kier alpha value is -0.900. The Morgan fingerprint density at radius 1 is 1.00 bits per heavy atom. The van der Waals surface area contributed by atoms with Crippen molar-refractivity contribution in [2.24, 2.45) is 0 Å². The van der Waals surface area contributed by atoms with E-state index >= 15 is 0 Å². The number of fused-ring (bicyclic) bond motifs is 4. The molecule has 0 bridgehead atoms.